The van der Waals surface area contributed by atoms with E-state index in [9.17, 15) is 4.79 Å². The zero-order chi connectivity index (χ0) is 19.1. The molecule has 5 heteroatoms. The molecule has 0 atom stereocenters. The van der Waals surface area contributed by atoms with Crippen molar-refractivity contribution in [3.8, 4) is 0 Å². The fraction of sp³-hybridized carbons (Fsp3) is 0.636. The Morgan fingerprint density at radius 1 is 1.15 bits per heavy atom. The van der Waals surface area contributed by atoms with Gasteiger partial charge in [0.2, 0.25) is 0 Å². The molecular weight excluding hydrogens is 336 g/mol. The van der Waals surface area contributed by atoms with E-state index in [0.29, 0.717) is 12.0 Å². The van der Waals surface area contributed by atoms with Gasteiger partial charge in [-0.25, -0.2) is 4.99 Å². The highest BCUT2D eigenvalue weighted by Gasteiger charge is 2.43. The van der Waals surface area contributed by atoms with Gasteiger partial charge in [0.1, 0.15) is 0 Å². The highest BCUT2D eigenvalue weighted by atomic mass is 16.1. The van der Waals surface area contributed by atoms with Gasteiger partial charge in [-0.1, -0.05) is 31.9 Å². The first-order valence-corrected chi connectivity index (χ1v) is 10.6. The third kappa shape index (κ3) is 5.02. The number of benzene rings is 1. The number of rotatable bonds is 7. The molecule has 27 heavy (non-hydrogen) atoms. The second-order valence-corrected chi connectivity index (χ2v) is 8.00. The van der Waals surface area contributed by atoms with Crippen molar-refractivity contribution in [2.45, 2.75) is 58.9 Å². The summed E-state index contributed by atoms with van der Waals surface area (Å²) in [7, 11) is 0. The maximum Gasteiger partial charge on any atom is 0.251 e. The van der Waals surface area contributed by atoms with E-state index in [-0.39, 0.29) is 5.91 Å². The van der Waals surface area contributed by atoms with Gasteiger partial charge in [-0.2, -0.15) is 0 Å². The van der Waals surface area contributed by atoms with Crippen molar-refractivity contribution in [3.05, 3.63) is 35.4 Å². The van der Waals surface area contributed by atoms with E-state index in [2.05, 4.69) is 29.4 Å². The van der Waals surface area contributed by atoms with Crippen LogP contribution in [0.25, 0.3) is 0 Å². The molecule has 1 heterocycles. The Balaban J connectivity index is 1.57. The fourth-order valence-electron chi connectivity index (χ4n) is 4.04. The Kier molecular flexibility index (Phi) is 6.75. The summed E-state index contributed by atoms with van der Waals surface area (Å²) >= 11 is 0. The van der Waals surface area contributed by atoms with Gasteiger partial charge in [0.15, 0.2) is 5.96 Å². The fourth-order valence-corrected chi connectivity index (χ4v) is 4.04. The van der Waals surface area contributed by atoms with E-state index in [4.69, 9.17) is 4.99 Å². The predicted octanol–water partition coefficient (Wildman–Crippen LogP) is 3.56. The zero-order valence-electron chi connectivity index (χ0n) is 16.9. The van der Waals surface area contributed by atoms with Gasteiger partial charge in [-0.05, 0) is 55.7 Å². The quantitative estimate of drug-likeness (QED) is 0.438. The summed E-state index contributed by atoms with van der Waals surface area (Å²) in [6.07, 6.45) is 7.56. The molecule has 5 nitrogen and oxygen atoms in total. The maximum atomic E-state index is 12.1. The molecule has 1 aromatic rings. The van der Waals surface area contributed by atoms with E-state index in [1.54, 1.807) is 0 Å². The number of likely N-dealkylation sites (tertiary alicyclic amines) is 1. The molecule has 0 aromatic heterocycles. The first-order chi connectivity index (χ1) is 13.2. The third-order valence-corrected chi connectivity index (χ3v) is 5.93. The summed E-state index contributed by atoms with van der Waals surface area (Å²) in [6.45, 7) is 8.78. The van der Waals surface area contributed by atoms with E-state index >= 15 is 0 Å². The standard InChI is InChI=1S/C22H34N4O/c1-3-5-14-24-20(27)19-9-7-18(8-10-19)16-25-21(23-4-2)26-15-13-22(17-26)11-6-12-22/h7-10H,3-6,11-17H2,1-2H3,(H,23,25)(H,24,27). The van der Waals surface area contributed by atoms with E-state index in [1.165, 1.54) is 25.7 Å². The Labute approximate surface area is 163 Å². The number of nitrogens with zero attached hydrogens (tertiary/aromatic N) is 2. The van der Waals surface area contributed by atoms with Crippen molar-refractivity contribution in [2.75, 3.05) is 26.2 Å². The Morgan fingerprint density at radius 2 is 1.93 bits per heavy atom. The number of unbranched alkanes of at least 4 members (excludes halogenated alkanes) is 1. The van der Waals surface area contributed by atoms with Crippen LogP contribution in [0.5, 0.6) is 0 Å². The summed E-state index contributed by atoms with van der Waals surface area (Å²) in [4.78, 5) is 19.4. The minimum Gasteiger partial charge on any atom is -0.357 e. The summed E-state index contributed by atoms with van der Waals surface area (Å²) in [5, 5.41) is 6.41. The van der Waals surface area contributed by atoms with Gasteiger partial charge in [-0.3, -0.25) is 4.79 Å². The van der Waals surface area contributed by atoms with Crippen LogP contribution in [-0.4, -0.2) is 42.9 Å². The lowest BCUT2D eigenvalue weighted by atomic mass is 9.68. The highest BCUT2D eigenvalue weighted by Crippen LogP contribution is 2.47. The second-order valence-electron chi connectivity index (χ2n) is 8.00. The largest absolute Gasteiger partial charge is 0.357 e. The number of hydrogen-bond acceptors (Lipinski definition) is 2. The van der Waals surface area contributed by atoms with Crippen LogP contribution in [0.4, 0.5) is 0 Å². The molecule has 1 amide bonds. The molecule has 3 rings (SSSR count). The maximum absolute atomic E-state index is 12.1. The first kappa shape index (κ1) is 19.7. The van der Waals surface area contributed by atoms with Gasteiger partial charge >= 0.3 is 0 Å². The molecule has 2 fully saturated rings. The lowest BCUT2D eigenvalue weighted by molar-refractivity contribution is 0.0953. The molecule has 1 aliphatic carbocycles. The predicted molar refractivity (Wildman–Crippen MR) is 111 cm³/mol. The van der Waals surface area contributed by atoms with Crippen molar-refractivity contribution < 1.29 is 4.79 Å². The van der Waals surface area contributed by atoms with Crippen molar-refractivity contribution in [1.29, 1.82) is 0 Å². The number of carbonyl (C=O) groups excluding carboxylic acids is 1. The number of hydrogen-bond donors (Lipinski definition) is 2. The Bertz CT molecular complexity index is 649. The summed E-state index contributed by atoms with van der Waals surface area (Å²) in [5.41, 5.74) is 2.42. The minimum absolute atomic E-state index is 0.00898. The normalized spacial score (nSPS) is 18.4. The summed E-state index contributed by atoms with van der Waals surface area (Å²) in [6, 6.07) is 7.83. The van der Waals surface area contributed by atoms with Crippen molar-refractivity contribution in [3.63, 3.8) is 0 Å². The molecule has 0 unspecified atom stereocenters. The molecule has 0 bridgehead atoms. The van der Waals surface area contributed by atoms with Gasteiger partial charge in [-0.15, -0.1) is 0 Å². The molecule has 1 saturated carbocycles. The molecular formula is C22H34N4O. The van der Waals surface area contributed by atoms with Crippen LogP contribution in [0.3, 0.4) is 0 Å². The van der Waals surface area contributed by atoms with Crippen LogP contribution in [0.1, 0.15) is 68.3 Å². The molecule has 148 valence electrons. The number of aliphatic imine (C=N–C) groups is 1. The third-order valence-electron chi connectivity index (χ3n) is 5.93. The zero-order valence-corrected chi connectivity index (χ0v) is 16.9. The summed E-state index contributed by atoms with van der Waals surface area (Å²) < 4.78 is 0. The number of amides is 1. The van der Waals surface area contributed by atoms with Crippen LogP contribution in [0.15, 0.2) is 29.3 Å². The average Bonchev–Trinajstić information content (AvgIpc) is 3.12. The first-order valence-electron chi connectivity index (χ1n) is 10.6. The number of nitrogens with one attached hydrogen (secondary N) is 2. The van der Waals surface area contributed by atoms with Gasteiger partial charge in [0, 0.05) is 31.7 Å². The number of guanidine groups is 1. The Hall–Kier alpha value is -2.04. The average molecular weight is 371 g/mol. The van der Waals surface area contributed by atoms with Crippen molar-refractivity contribution >= 4 is 11.9 Å². The van der Waals surface area contributed by atoms with Gasteiger partial charge < -0.3 is 15.5 Å². The molecule has 2 N–H and O–H groups in total. The topological polar surface area (TPSA) is 56.7 Å². The molecule has 1 aliphatic heterocycles. The van der Waals surface area contributed by atoms with E-state index in [0.717, 1.165) is 56.1 Å². The summed E-state index contributed by atoms with van der Waals surface area (Å²) in [5.74, 6) is 1.04. The van der Waals surface area contributed by atoms with E-state index < -0.39 is 0 Å². The van der Waals surface area contributed by atoms with Crippen LogP contribution in [-0.2, 0) is 6.54 Å². The second kappa shape index (κ2) is 9.25. The van der Waals surface area contributed by atoms with Gasteiger partial charge in [0.25, 0.3) is 5.91 Å². The number of carbonyl (C=O) groups is 1. The van der Waals surface area contributed by atoms with Crippen molar-refractivity contribution in [2.24, 2.45) is 10.4 Å². The molecule has 0 radical (unpaired) electrons. The van der Waals surface area contributed by atoms with Crippen LogP contribution in [0.2, 0.25) is 0 Å². The molecule has 1 aromatic carbocycles. The lowest BCUT2D eigenvalue weighted by Crippen LogP contribution is -2.42. The molecule has 2 aliphatic rings. The van der Waals surface area contributed by atoms with Crippen molar-refractivity contribution in [1.82, 2.24) is 15.5 Å². The van der Waals surface area contributed by atoms with Crippen LogP contribution < -0.4 is 10.6 Å². The SMILES string of the molecule is CCCCNC(=O)c1ccc(CN=C(NCC)N2CCC3(CCC3)C2)cc1. The molecule has 1 spiro atoms. The molecule has 1 saturated heterocycles. The monoisotopic (exact) mass is 370 g/mol. The van der Waals surface area contributed by atoms with Crippen LogP contribution >= 0.6 is 0 Å². The van der Waals surface area contributed by atoms with E-state index in [1.807, 2.05) is 24.3 Å². The highest BCUT2D eigenvalue weighted by molar-refractivity contribution is 5.94. The minimum atomic E-state index is 0.00898. The van der Waals surface area contributed by atoms with Crippen LogP contribution in [0, 0.1) is 5.41 Å². The van der Waals surface area contributed by atoms with Gasteiger partial charge in [0.05, 0.1) is 6.54 Å². The Morgan fingerprint density at radius 3 is 2.52 bits per heavy atom. The smallest absolute Gasteiger partial charge is 0.251 e. The lowest BCUT2D eigenvalue weighted by Gasteiger charge is -2.38.